The van der Waals surface area contributed by atoms with E-state index in [-0.39, 0.29) is 6.04 Å². The third-order valence-electron chi connectivity index (χ3n) is 3.38. The Bertz CT molecular complexity index is 742. The first kappa shape index (κ1) is 16.2. The van der Waals surface area contributed by atoms with Crippen LogP contribution in [0.4, 0.5) is 0 Å². The molecule has 0 aliphatic carbocycles. The van der Waals surface area contributed by atoms with Gasteiger partial charge in [0.05, 0.1) is 4.90 Å². The molecule has 1 unspecified atom stereocenters. The molecule has 0 aliphatic rings. The Morgan fingerprint density at radius 2 is 1.67 bits per heavy atom. The molecule has 5 heteroatoms. The fraction of sp³-hybridized carbons (Fsp3) is 0.250. The quantitative estimate of drug-likeness (QED) is 0.883. The monoisotopic (exact) mass is 367 g/mol. The van der Waals surface area contributed by atoms with Crippen LogP contribution >= 0.6 is 15.9 Å². The van der Waals surface area contributed by atoms with Crippen LogP contribution in [-0.2, 0) is 10.0 Å². The molecule has 2 rings (SSSR count). The summed E-state index contributed by atoms with van der Waals surface area (Å²) < 4.78 is 28.8. The lowest BCUT2D eigenvalue weighted by atomic mass is 10.1. The number of hydrogen-bond donors (Lipinski definition) is 1. The van der Waals surface area contributed by atoms with Crippen molar-refractivity contribution in [3.8, 4) is 0 Å². The lowest BCUT2D eigenvalue weighted by Crippen LogP contribution is -2.27. The first-order chi connectivity index (χ1) is 9.81. The van der Waals surface area contributed by atoms with Crippen LogP contribution in [0, 0.1) is 13.8 Å². The highest BCUT2D eigenvalue weighted by Gasteiger charge is 2.21. The first-order valence-corrected chi connectivity index (χ1v) is 8.93. The molecule has 2 aromatic carbocycles. The molecule has 112 valence electrons. The molecule has 0 amide bonds. The summed E-state index contributed by atoms with van der Waals surface area (Å²) in [6.45, 7) is 5.52. The van der Waals surface area contributed by atoms with Gasteiger partial charge in [0.2, 0.25) is 10.0 Å². The Kier molecular flexibility index (Phi) is 4.86. The third kappa shape index (κ3) is 3.73. The molecule has 0 aromatic heterocycles. The molecular formula is C16H18BrNO2S. The Hall–Kier alpha value is -1.17. The summed E-state index contributed by atoms with van der Waals surface area (Å²) in [5.74, 6) is 0. The minimum atomic E-state index is -3.55. The maximum Gasteiger partial charge on any atom is 0.241 e. The van der Waals surface area contributed by atoms with Gasteiger partial charge in [0.25, 0.3) is 0 Å². The number of sulfonamides is 1. The van der Waals surface area contributed by atoms with Gasteiger partial charge >= 0.3 is 0 Å². The zero-order chi connectivity index (χ0) is 15.6. The van der Waals surface area contributed by atoms with Crippen LogP contribution in [0.3, 0.4) is 0 Å². The minimum Gasteiger partial charge on any atom is -0.207 e. The second-order valence-electron chi connectivity index (χ2n) is 5.12. The summed E-state index contributed by atoms with van der Waals surface area (Å²) in [7, 11) is -3.55. The highest BCUT2D eigenvalue weighted by molar-refractivity contribution is 9.10. The summed E-state index contributed by atoms with van der Waals surface area (Å²) in [4.78, 5) is 0.325. The molecule has 0 saturated heterocycles. The Labute approximate surface area is 134 Å². The zero-order valence-corrected chi connectivity index (χ0v) is 14.6. The van der Waals surface area contributed by atoms with Gasteiger partial charge in [-0.25, -0.2) is 13.1 Å². The molecule has 0 saturated carbocycles. The second-order valence-corrected chi connectivity index (χ2v) is 7.66. The van der Waals surface area contributed by atoms with Gasteiger partial charge in [-0.2, -0.15) is 0 Å². The van der Waals surface area contributed by atoms with Crippen LogP contribution in [-0.4, -0.2) is 8.42 Å². The van der Waals surface area contributed by atoms with E-state index in [9.17, 15) is 8.42 Å². The van der Waals surface area contributed by atoms with Gasteiger partial charge in [-0.1, -0.05) is 46.3 Å². The molecule has 0 spiro atoms. The summed E-state index contributed by atoms with van der Waals surface area (Å²) in [5.41, 5.74) is 2.56. The minimum absolute atomic E-state index is 0.278. The van der Waals surface area contributed by atoms with Crippen molar-refractivity contribution in [1.29, 1.82) is 0 Å². The summed E-state index contributed by atoms with van der Waals surface area (Å²) in [6, 6.07) is 12.8. The van der Waals surface area contributed by atoms with Gasteiger partial charge in [-0.05, 0) is 49.6 Å². The van der Waals surface area contributed by atoms with Crippen molar-refractivity contribution >= 4 is 26.0 Å². The number of benzene rings is 2. The molecule has 0 radical (unpaired) electrons. The molecule has 2 aromatic rings. The molecule has 3 nitrogen and oxygen atoms in total. The van der Waals surface area contributed by atoms with Crippen molar-refractivity contribution in [2.45, 2.75) is 31.7 Å². The lowest BCUT2D eigenvalue weighted by Gasteiger charge is -2.16. The summed E-state index contributed by atoms with van der Waals surface area (Å²) in [6.07, 6.45) is 0. The van der Waals surface area contributed by atoms with Crippen molar-refractivity contribution in [2.75, 3.05) is 0 Å². The topological polar surface area (TPSA) is 46.2 Å². The van der Waals surface area contributed by atoms with E-state index >= 15 is 0 Å². The maximum absolute atomic E-state index is 12.6. The van der Waals surface area contributed by atoms with E-state index in [0.717, 1.165) is 21.2 Å². The molecule has 0 bridgehead atoms. The third-order valence-corrected chi connectivity index (χ3v) is 5.91. The standard InChI is InChI=1S/C16H18BrNO2S/c1-11-10-16(12(2)9-15(11)17)21(19,20)18-13(3)14-7-5-4-6-8-14/h4-10,13,18H,1-3H3. The average Bonchev–Trinajstić information content (AvgIpc) is 2.43. The fourth-order valence-corrected chi connectivity index (χ4v) is 4.15. The van der Waals surface area contributed by atoms with Gasteiger partial charge in [-0.3, -0.25) is 0 Å². The highest BCUT2D eigenvalue weighted by atomic mass is 79.9. The highest BCUT2D eigenvalue weighted by Crippen LogP contribution is 2.25. The van der Waals surface area contributed by atoms with Crippen molar-refractivity contribution in [3.63, 3.8) is 0 Å². The van der Waals surface area contributed by atoms with Crippen LogP contribution in [0.2, 0.25) is 0 Å². The molecule has 0 aliphatic heterocycles. The molecule has 0 heterocycles. The summed E-state index contributed by atoms with van der Waals surface area (Å²) >= 11 is 3.42. The molecule has 1 N–H and O–H groups in total. The predicted octanol–water partition coefficient (Wildman–Crippen LogP) is 4.11. The number of nitrogens with one attached hydrogen (secondary N) is 1. The Balaban J connectivity index is 2.33. The Morgan fingerprint density at radius 1 is 1.05 bits per heavy atom. The normalized spacial score (nSPS) is 13.1. The number of aryl methyl sites for hydroxylation is 2. The fourth-order valence-electron chi connectivity index (χ4n) is 2.15. The summed E-state index contributed by atoms with van der Waals surface area (Å²) in [5, 5.41) is 0. The van der Waals surface area contributed by atoms with Crippen LogP contribution in [0.1, 0.15) is 29.7 Å². The van der Waals surface area contributed by atoms with E-state index in [1.807, 2.05) is 50.2 Å². The SMILES string of the molecule is Cc1cc(S(=O)(=O)NC(C)c2ccccc2)c(C)cc1Br. The number of halogens is 1. The van der Waals surface area contributed by atoms with Gasteiger partial charge in [-0.15, -0.1) is 0 Å². The van der Waals surface area contributed by atoms with Crippen molar-refractivity contribution in [3.05, 3.63) is 63.6 Å². The number of rotatable bonds is 4. The second kappa shape index (κ2) is 6.30. The van der Waals surface area contributed by atoms with Gasteiger partial charge in [0.15, 0.2) is 0 Å². The van der Waals surface area contributed by atoms with E-state index in [4.69, 9.17) is 0 Å². The van der Waals surface area contributed by atoms with Crippen molar-refractivity contribution < 1.29 is 8.42 Å². The molecule has 21 heavy (non-hydrogen) atoms. The van der Waals surface area contributed by atoms with Crippen LogP contribution in [0.15, 0.2) is 51.8 Å². The van der Waals surface area contributed by atoms with Gasteiger partial charge < -0.3 is 0 Å². The van der Waals surface area contributed by atoms with Gasteiger partial charge in [0.1, 0.15) is 0 Å². The smallest absolute Gasteiger partial charge is 0.207 e. The lowest BCUT2D eigenvalue weighted by molar-refractivity contribution is 0.566. The van der Waals surface area contributed by atoms with E-state index in [1.165, 1.54) is 0 Å². The maximum atomic E-state index is 12.6. The zero-order valence-electron chi connectivity index (χ0n) is 12.2. The first-order valence-electron chi connectivity index (χ1n) is 6.65. The Morgan fingerprint density at radius 3 is 2.29 bits per heavy atom. The predicted molar refractivity (Wildman–Crippen MR) is 88.8 cm³/mol. The average molecular weight is 368 g/mol. The van der Waals surface area contributed by atoms with Gasteiger partial charge in [0, 0.05) is 10.5 Å². The number of hydrogen-bond acceptors (Lipinski definition) is 2. The van der Waals surface area contributed by atoms with E-state index in [2.05, 4.69) is 20.7 Å². The van der Waals surface area contributed by atoms with Crippen LogP contribution in [0.25, 0.3) is 0 Å². The van der Waals surface area contributed by atoms with E-state index in [1.54, 1.807) is 13.0 Å². The molecule has 0 fully saturated rings. The van der Waals surface area contributed by atoms with Crippen LogP contribution in [0.5, 0.6) is 0 Å². The van der Waals surface area contributed by atoms with E-state index in [0.29, 0.717) is 4.90 Å². The van der Waals surface area contributed by atoms with Crippen molar-refractivity contribution in [1.82, 2.24) is 4.72 Å². The molecular weight excluding hydrogens is 350 g/mol. The van der Waals surface area contributed by atoms with Crippen molar-refractivity contribution in [2.24, 2.45) is 0 Å². The van der Waals surface area contributed by atoms with Crippen LogP contribution < -0.4 is 4.72 Å². The molecule has 1 atom stereocenters. The van der Waals surface area contributed by atoms with E-state index < -0.39 is 10.0 Å². The largest absolute Gasteiger partial charge is 0.241 e.